The monoisotopic (exact) mass is 351 g/mol. The summed E-state index contributed by atoms with van der Waals surface area (Å²) in [6.45, 7) is 6.13. The zero-order valence-corrected chi connectivity index (χ0v) is 13.7. The van der Waals surface area contributed by atoms with Crippen LogP contribution in [-0.2, 0) is 6.54 Å². The topological polar surface area (TPSA) is 59.2 Å². The highest BCUT2D eigenvalue weighted by molar-refractivity contribution is 9.10. The van der Waals surface area contributed by atoms with Crippen molar-refractivity contribution in [2.75, 3.05) is 13.2 Å². The molecule has 1 aromatic carbocycles. The predicted octanol–water partition coefficient (Wildman–Crippen LogP) is 3.10. The van der Waals surface area contributed by atoms with Crippen molar-refractivity contribution in [1.82, 2.24) is 15.5 Å². The molecule has 1 atom stereocenters. The number of hydrogen-bond donors (Lipinski definition) is 2. The summed E-state index contributed by atoms with van der Waals surface area (Å²) in [6.07, 6.45) is 1.86. The summed E-state index contributed by atoms with van der Waals surface area (Å²) in [7, 11) is 0. The minimum Gasteiger partial charge on any atom is -0.486 e. The van der Waals surface area contributed by atoms with Crippen LogP contribution in [0.1, 0.15) is 29.8 Å². The third-order valence-corrected chi connectivity index (χ3v) is 4.35. The molecule has 6 heteroatoms. The molecule has 0 aliphatic carbocycles. The molecule has 2 N–H and O–H groups in total. The van der Waals surface area contributed by atoms with Crippen LogP contribution >= 0.6 is 15.9 Å². The first-order chi connectivity index (χ1) is 10.1. The van der Waals surface area contributed by atoms with Crippen LogP contribution in [0.3, 0.4) is 0 Å². The van der Waals surface area contributed by atoms with Gasteiger partial charge in [-0.25, -0.2) is 0 Å². The maximum absolute atomic E-state index is 5.65. The lowest BCUT2D eigenvalue weighted by atomic mass is 10.1. The van der Waals surface area contributed by atoms with E-state index >= 15 is 0 Å². The number of hydrogen-bond acceptors (Lipinski definition) is 4. The first kappa shape index (κ1) is 14.4. The first-order valence-corrected chi connectivity index (χ1v) is 7.75. The number of benzene rings is 1. The van der Waals surface area contributed by atoms with E-state index in [0.29, 0.717) is 13.2 Å². The Morgan fingerprint density at radius 3 is 2.71 bits per heavy atom. The lowest BCUT2D eigenvalue weighted by molar-refractivity contribution is 0.171. The number of aromatic amines is 1. The van der Waals surface area contributed by atoms with Crippen LogP contribution in [-0.4, -0.2) is 23.4 Å². The lowest BCUT2D eigenvalue weighted by Crippen LogP contribution is -2.20. The summed E-state index contributed by atoms with van der Waals surface area (Å²) < 4.78 is 12.3. The highest BCUT2D eigenvalue weighted by atomic mass is 79.9. The molecule has 0 saturated heterocycles. The zero-order chi connectivity index (χ0) is 14.8. The number of nitrogens with zero attached hydrogens (tertiary/aromatic N) is 1. The third-order valence-electron chi connectivity index (χ3n) is 3.66. The molecular formula is C15H18BrN3O2. The average molecular weight is 352 g/mol. The van der Waals surface area contributed by atoms with Gasteiger partial charge in [0.25, 0.3) is 0 Å². The number of nitrogens with one attached hydrogen (secondary N) is 2. The number of fused-ring (bicyclic) bond motifs is 1. The molecule has 112 valence electrons. The smallest absolute Gasteiger partial charge is 0.162 e. The Hall–Kier alpha value is -1.53. The van der Waals surface area contributed by atoms with Gasteiger partial charge in [-0.3, -0.25) is 5.10 Å². The number of aromatic nitrogens is 2. The third kappa shape index (κ3) is 3.06. The second-order valence-electron chi connectivity index (χ2n) is 5.14. The van der Waals surface area contributed by atoms with Gasteiger partial charge in [0.15, 0.2) is 11.5 Å². The maximum atomic E-state index is 5.65. The predicted molar refractivity (Wildman–Crippen MR) is 83.7 cm³/mol. The van der Waals surface area contributed by atoms with E-state index in [0.717, 1.165) is 33.8 Å². The number of halogens is 1. The highest BCUT2D eigenvalue weighted by Crippen LogP contribution is 2.37. The number of ether oxygens (including phenoxy) is 2. The molecule has 21 heavy (non-hydrogen) atoms. The molecule has 0 bridgehead atoms. The first-order valence-electron chi connectivity index (χ1n) is 6.96. The van der Waals surface area contributed by atoms with Gasteiger partial charge >= 0.3 is 0 Å². The lowest BCUT2D eigenvalue weighted by Gasteiger charge is -2.22. The minimum absolute atomic E-state index is 0.185. The second-order valence-corrected chi connectivity index (χ2v) is 5.99. The van der Waals surface area contributed by atoms with Crippen LogP contribution in [0.25, 0.3) is 0 Å². The Bertz CT molecular complexity index is 642. The standard InChI is InChI=1S/C15H18BrN3O2/c1-9-11(8-18-19-9)7-17-10(2)12-5-14-15(6-13(12)16)21-4-3-20-14/h5-6,8,10,17H,3-4,7H2,1-2H3,(H,18,19)/t10-/m1/s1. The number of aryl methyl sites for hydroxylation is 1. The van der Waals surface area contributed by atoms with Crippen molar-refractivity contribution in [2.45, 2.75) is 26.4 Å². The normalized spacial score (nSPS) is 15.0. The fourth-order valence-corrected chi connectivity index (χ4v) is 3.00. The van der Waals surface area contributed by atoms with Crippen LogP contribution < -0.4 is 14.8 Å². The van der Waals surface area contributed by atoms with E-state index in [4.69, 9.17) is 9.47 Å². The molecule has 1 aliphatic rings. The van der Waals surface area contributed by atoms with Gasteiger partial charge < -0.3 is 14.8 Å². The number of rotatable bonds is 4. The summed E-state index contributed by atoms with van der Waals surface area (Å²) in [4.78, 5) is 0. The average Bonchev–Trinajstić information content (AvgIpc) is 2.89. The van der Waals surface area contributed by atoms with Crippen molar-refractivity contribution in [3.05, 3.63) is 39.6 Å². The van der Waals surface area contributed by atoms with E-state index in [-0.39, 0.29) is 6.04 Å². The summed E-state index contributed by atoms with van der Waals surface area (Å²) in [5.74, 6) is 1.61. The fourth-order valence-electron chi connectivity index (χ4n) is 2.34. The molecule has 5 nitrogen and oxygen atoms in total. The largest absolute Gasteiger partial charge is 0.486 e. The zero-order valence-electron chi connectivity index (χ0n) is 12.1. The fraction of sp³-hybridized carbons (Fsp3) is 0.400. The Morgan fingerprint density at radius 1 is 1.33 bits per heavy atom. The summed E-state index contributed by atoms with van der Waals surface area (Å²) in [5, 5.41) is 10.5. The maximum Gasteiger partial charge on any atom is 0.162 e. The van der Waals surface area contributed by atoms with Gasteiger partial charge in [0, 0.05) is 28.3 Å². The Balaban J connectivity index is 1.75. The molecule has 2 heterocycles. The molecule has 1 aliphatic heterocycles. The van der Waals surface area contributed by atoms with Crippen LogP contribution in [0.15, 0.2) is 22.8 Å². The Morgan fingerprint density at radius 2 is 2.05 bits per heavy atom. The van der Waals surface area contributed by atoms with Crippen molar-refractivity contribution in [1.29, 1.82) is 0 Å². The summed E-state index contributed by atoms with van der Waals surface area (Å²) in [5.41, 5.74) is 3.42. The SMILES string of the molecule is Cc1[nH]ncc1CN[C@H](C)c1cc2c(cc1Br)OCCO2. The summed E-state index contributed by atoms with van der Waals surface area (Å²) >= 11 is 3.62. The molecule has 0 radical (unpaired) electrons. The van der Waals surface area contributed by atoms with Gasteiger partial charge in [-0.05, 0) is 31.5 Å². The van der Waals surface area contributed by atoms with Crippen LogP contribution in [0, 0.1) is 6.92 Å². The van der Waals surface area contributed by atoms with E-state index in [9.17, 15) is 0 Å². The van der Waals surface area contributed by atoms with E-state index in [1.807, 2.05) is 25.3 Å². The quantitative estimate of drug-likeness (QED) is 0.888. The molecule has 0 fully saturated rings. The highest BCUT2D eigenvalue weighted by Gasteiger charge is 2.18. The molecule has 0 spiro atoms. The molecule has 0 unspecified atom stereocenters. The van der Waals surface area contributed by atoms with E-state index in [1.54, 1.807) is 0 Å². The van der Waals surface area contributed by atoms with E-state index in [2.05, 4.69) is 38.4 Å². The van der Waals surface area contributed by atoms with Gasteiger partial charge in [-0.15, -0.1) is 0 Å². The molecule has 2 aromatic rings. The van der Waals surface area contributed by atoms with Crippen molar-refractivity contribution in [3.63, 3.8) is 0 Å². The van der Waals surface area contributed by atoms with Gasteiger partial charge in [-0.1, -0.05) is 15.9 Å². The number of H-pyrrole nitrogens is 1. The van der Waals surface area contributed by atoms with Crippen molar-refractivity contribution in [2.24, 2.45) is 0 Å². The molecule has 0 saturated carbocycles. The second kappa shape index (κ2) is 6.07. The minimum atomic E-state index is 0.185. The van der Waals surface area contributed by atoms with Crippen LogP contribution in [0.4, 0.5) is 0 Å². The van der Waals surface area contributed by atoms with E-state index < -0.39 is 0 Å². The van der Waals surface area contributed by atoms with Crippen molar-refractivity contribution >= 4 is 15.9 Å². The van der Waals surface area contributed by atoms with Gasteiger partial charge in [0.1, 0.15) is 13.2 Å². The molecule has 3 rings (SSSR count). The van der Waals surface area contributed by atoms with E-state index in [1.165, 1.54) is 5.56 Å². The Kier molecular flexibility index (Phi) is 4.17. The van der Waals surface area contributed by atoms with Crippen molar-refractivity contribution < 1.29 is 9.47 Å². The van der Waals surface area contributed by atoms with Gasteiger partial charge in [0.05, 0.1) is 6.20 Å². The van der Waals surface area contributed by atoms with Crippen molar-refractivity contribution in [3.8, 4) is 11.5 Å². The Labute approximate surface area is 132 Å². The molecule has 0 amide bonds. The molecule has 1 aromatic heterocycles. The van der Waals surface area contributed by atoms with Crippen LogP contribution in [0.5, 0.6) is 11.5 Å². The molecular weight excluding hydrogens is 334 g/mol. The van der Waals surface area contributed by atoms with Gasteiger partial charge in [0.2, 0.25) is 0 Å². The summed E-state index contributed by atoms with van der Waals surface area (Å²) in [6, 6.07) is 4.20. The van der Waals surface area contributed by atoms with Gasteiger partial charge in [-0.2, -0.15) is 5.10 Å². The van der Waals surface area contributed by atoms with Crippen LogP contribution in [0.2, 0.25) is 0 Å².